The molecule has 17 heteroatoms. The molecule has 13 nitrogen and oxygen atoms in total. The predicted octanol–water partition coefficient (Wildman–Crippen LogP) is 2.55. The number of rotatable bonds is 10. The molecule has 0 spiro atoms. The minimum absolute atomic E-state index is 0.0102. The smallest absolute Gasteiger partial charge is 0.435 e. The van der Waals surface area contributed by atoms with Crippen LogP contribution in [0.3, 0.4) is 0 Å². The van der Waals surface area contributed by atoms with Gasteiger partial charge in [-0.15, -0.1) is 0 Å². The van der Waals surface area contributed by atoms with E-state index < -0.39 is 38.9 Å². The summed E-state index contributed by atoms with van der Waals surface area (Å²) in [6.45, 7) is 5.16. The monoisotopic (exact) mass is 623 g/mol. The van der Waals surface area contributed by atoms with E-state index in [1.807, 2.05) is 0 Å². The number of carbonyl (C=O) groups is 1. The van der Waals surface area contributed by atoms with Gasteiger partial charge in [0.25, 0.3) is 11.5 Å². The summed E-state index contributed by atoms with van der Waals surface area (Å²) in [5, 5.41) is 6.48. The van der Waals surface area contributed by atoms with Gasteiger partial charge < -0.3 is 25.1 Å². The number of alkyl halides is 3. The quantitative estimate of drug-likeness (QED) is 0.287. The lowest BCUT2D eigenvalue weighted by atomic mass is 10.1. The zero-order valence-electron chi connectivity index (χ0n) is 23.6. The highest BCUT2D eigenvalue weighted by molar-refractivity contribution is 7.89. The first-order valence-electron chi connectivity index (χ1n) is 12.0. The maximum Gasteiger partial charge on any atom is 0.435 e. The van der Waals surface area contributed by atoms with Gasteiger partial charge in [-0.1, -0.05) is 6.58 Å². The number of aromatic nitrogens is 3. The number of pyridine rings is 1. The van der Waals surface area contributed by atoms with Gasteiger partial charge in [-0.05, 0) is 19.1 Å². The fourth-order valence-corrected chi connectivity index (χ4v) is 4.17. The summed E-state index contributed by atoms with van der Waals surface area (Å²) < 4.78 is 77.4. The van der Waals surface area contributed by atoms with Crippen molar-refractivity contribution in [3.05, 3.63) is 81.8 Å². The first-order valence-corrected chi connectivity index (χ1v) is 13.9. The van der Waals surface area contributed by atoms with E-state index >= 15 is 0 Å². The van der Waals surface area contributed by atoms with Crippen molar-refractivity contribution in [3.8, 4) is 11.5 Å². The van der Waals surface area contributed by atoms with Crippen LogP contribution in [0.1, 0.15) is 27.3 Å². The number of sulfonamides is 1. The van der Waals surface area contributed by atoms with E-state index in [2.05, 4.69) is 22.0 Å². The van der Waals surface area contributed by atoms with Gasteiger partial charge in [-0.3, -0.25) is 9.59 Å². The number of nitrogens with zero attached hydrogens (tertiary/aromatic N) is 4. The number of allylic oxidation sites excluding steroid dienone is 1. The van der Waals surface area contributed by atoms with Gasteiger partial charge in [0.1, 0.15) is 28.7 Å². The number of aryl methyl sites for hydroxylation is 2. The Bertz CT molecular complexity index is 1790. The minimum Gasteiger partial charge on any atom is -0.497 e. The van der Waals surface area contributed by atoms with Crippen LogP contribution in [-0.2, 0) is 23.2 Å². The lowest BCUT2D eigenvalue weighted by molar-refractivity contribution is -0.141. The molecule has 0 atom stereocenters. The molecule has 43 heavy (non-hydrogen) atoms. The first kappa shape index (κ1) is 32.5. The van der Waals surface area contributed by atoms with Crippen molar-refractivity contribution < 1.29 is 35.9 Å². The molecule has 0 aliphatic rings. The molecule has 0 aliphatic heterocycles. The van der Waals surface area contributed by atoms with Gasteiger partial charge in [0.15, 0.2) is 5.69 Å². The molecule has 1 aromatic carbocycles. The topological polar surface area (TPSA) is 172 Å². The fourth-order valence-electron chi connectivity index (χ4n) is 3.73. The largest absolute Gasteiger partial charge is 0.497 e. The molecule has 4 N–H and O–H groups in total. The van der Waals surface area contributed by atoms with Crippen LogP contribution in [0.4, 0.5) is 18.9 Å². The second kappa shape index (κ2) is 12.4. The number of methoxy groups -OCH3 is 2. The number of ether oxygens (including phenoxy) is 2. The van der Waals surface area contributed by atoms with Crippen molar-refractivity contribution in [2.24, 2.45) is 17.8 Å². The zero-order chi connectivity index (χ0) is 32.3. The molecule has 1 amide bonds. The Morgan fingerprint density at radius 3 is 2.26 bits per heavy atom. The van der Waals surface area contributed by atoms with Crippen molar-refractivity contribution in [3.63, 3.8) is 0 Å². The Morgan fingerprint density at radius 2 is 1.74 bits per heavy atom. The van der Waals surface area contributed by atoms with Crippen LogP contribution in [0.15, 0.2) is 58.7 Å². The molecule has 0 radical (unpaired) electrons. The van der Waals surface area contributed by atoms with E-state index in [1.54, 1.807) is 22.9 Å². The van der Waals surface area contributed by atoms with Crippen LogP contribution in [0.5, 0.6) is 11.5 Å². The van der Waals surface area contributed by atoms with Crippen molar-refractivity contribution in [2.45, 2.75) is 13.1 Å². The Labute approximate surface area is 244 Å². The number of hydrogen-bond donors (Lipinski definition) is 3. The van der Waals surface area contributed by atoms with Crippen LogP contribution in [0.2, 0.25) is 0 Å². The van der Waals surface area contributed by atoms with Gasteiger partial charge in [0.05, 0.1) is 20.5 Å². The summed E-state index contributed by atoms with van der Waals surface area (Å²) >= 11 is 0. The highest BCUT2D eigenvalue weighted by Crippen LogP contribution is 2.30. The highest BCUT2D eigenvalue weighted by Gasteiger charge is 2.35. The summed E-state index contributed by atoms with van der Waals surface area (Å²) in [4.78, 5) is 29.5. The maximum atomic E-state index is 13.4. The lowest BCUT2D eigenvalue weighted by Crippen LogP contribution is -2.35. The number of nitrogens with one attached hydrogen (secondary N) is 2. The Hall–Kier alpha value is -5.06. The van der Waals surface area contributed by atoms with Crippen LogP contribution >= 0.6 is 0 Å². The average Bonchev–Trinajstić information content (AvgIpc) is 3.31. The second-order valence-corrected chi connectivity index (χ2v) is 10.8. The third-order valence-corrected chi connectivity index (χ3v) is 6.24. The molecular weight excluding hydrogens is 595 g/mol. The Balaban J connectivity index is 2.18. The maximum absolute atomic E-state index is 13.4. The van der Waals surface area contributed by atoms with Gasteiger partial charge in [-0.25, -0.2) is 22.8 Å². The highest BCUT2D eigenvalue weighted by atomic mass is 32.2. The number of carbonyl (C=O) groups excluding carboxylic acids is 1. The van der Waals surface area contributed by atoms with E-state index in [4.69, 9.17) is 15.2 Å². The average molecular weight is 624 g/mol. The summed E-state index contributed by atoms with van der Waals surface area (Å²) in [7, 11) is 0.168. The van der Waals surface area contributed by atoms with Crippen molar-refractivity contribution >= 4 is 39.2 Å². The number of halogens is 3. The molecular formula is C26H28F3N7O6S. The molecule has 0 aliphatic carbocycles. The van der Waals surface area contributed by atoms with E-state index in [-0.39, 0.29) is 28.5 Å². The summed E-state index contributed by atoms with van der Waals surface area (Å²) in [6, 6.07) is 6.70. The lowest BCUT2D eigenvalue weighted by Gasteiger charge is -2.14. The number of benzene rings is 1. The second-order valence-electron chi connectivity index (χ2n) is 9.07. The van der Waals surface area contributed by atoms with Crippen molar-refractivity contribution in [1.82, 2.24) is 19.1 Å². The van der Waals surface area contributed by atoms with Gasteiger partial charge in [0.2, 0.25) is 10.0 Å². The van der Waals surface area contributed by atoms with Crippen LogP contribution in [-0.4, -0.2) is 55.4 Å². The van der Waals surface area contributed by atoms with E-state index in [0.29, 0.717) is 17.2 Å². The Kier molecular flexibility index (Phi) is 9.39. The molecule has 0 unspecified atom stereocenters. The molecule has 3 aromatic rings. The van der Waals surface area contributed by atoms with Gasteiger partial charge in [-0.2, -0.15) is 18.3 Å². The molecule has 2 heterocycles. The van der Waals surface area contributed by atoms with E-state index in [9.17, 15) is 31.2 Å². The normalized spacial score (nSPS) is 12.6. The van der Waals surface area contributed by atoms with E-state index in [0.717, 1.165) is 33.9 Å². The summed E-state index contributed by atoms with van der Waals surface area (Å²) in [5.41, 5.74) is 4.07. The standard InChI is InChI=1S/C26H28F3N7O6S/c1-14-7-22(26(27,28)29)33-36(14)23(30)21(12-31-15(2)32-17-9-18(41-4)11-19(10-17)42-5)16-8-20(25(38)35(3)13-16)24(37)34-43(6,39)40/h7-13,32H,2,30H2,1,3-6H3,(H,34,37)/b23-21-,31-12?. The van der Waals surface area contributed by atoms with Crippen molar-refractivity contribution in [1.29, 1.82) is 0 Å². The molecule has 0 saturated carbocycles. The third-order valence-electron chi connectivity index (χ3n) is 5.69. The molecule has 0 fully saturated rings. The molecule has 3 rings (SSSR count). The SMILES string of the molecule is C=C(N=C/C(=C(\N)n1nc(C(F)(F)F)cc1C)c1cc(C(=O)NS(C)(=O)=O)c(=O)n(C)c1)Nc1cc(OC)cc(OC)c1. The molecule has 2 aromatic heterocycles. The molecule has 230 valence electrons. The summed E-state index contributed by atoms with van der Waals surface area (Å²) in [6.07, 6.45) is -1.67. The Morgan fingerprint density at radius 1 is 1.14 bits per heavy atom. The van der Waals surface area contributed by atoms with Crippen molar-refractivity contribution in [2.75, 3.05) is 25.8 Å². The zero-order valence-corrected chi connectivity index (χ0v) is 24.4. The van der Waals surface area contributed by atoms with Gasteiger partial charge >= 0.3 is 6.18 Å². The number of aliphatic imine (C=N–C) groups is 1. The third kappa shape index (κ3) is 8.03. The minimum atomic E-state index is -4.77. The number of nitrogens with two attached hydrogens (primary N) is 1. The summed E-state index contributed by atoms with van der Waals surface area (Å²) in [5.74, 6) is -0.631. The molecule has 0 saturated heterocycles. The van der Waals surface area contributed by atoms with Crippen LogP contribution in [0, 0.1) is 6.92 Å². The number of amides is 1. The van der Waals surface area contributed by atoms with Crippen LogP contribution < -0.4 is 30.8 Å². The van der Waals surface area contributed by atoms with Gasteiger partial charge in [0, 0.05) is 60.2 Å². The molecule has 0 bridgehead atoms. The fraction of sp³-hybridized carbons (Fsp3) is 0.231. The van der Waals surface area contributed by atoms with Crippen LogP contribution in [0.25, 0.3) is 11.4 Å². The number of hydrogen-bond acceptors (Lipinski definition) is 10. The number of anilines is 1. The predicted molar refractivity (Wildman–Crippen MR) is 154 cm³/mol. The first-order chi connectivity index (χ1) is 19.9. The van der Waals surface area contributed by atoms with E-state index in [1.165, 1.54) is 34.4 Å².